The number of ketones is 2. The van der Waals surface area contributed by atoms with Crippen molar-refractivity contribution in [3.05, 3.63) is 215 Å². The Hall–Kier alpha value is -6.52. The van der Waals surface area contributed by atoms with E-state index in [2.05, 4.69) is 126 Å². The Morgan fingerprint density at radius 1 is 0.452 bits per heavy atom. The Labute approximate surface area is 435 Å². The molecule has 1 heterocycles. The van der Waals surface area contributed by atoms with Gasteiger partial charge in [-0.1, -0.05) is 188 Å². The summed E-state index contributed by atoms with van der Waals surface area (Å²) in [4.78, 5) is 67.9. The number of carbonyl (C=O) groups excluding carboxylic acids is 4. The topological polar surface area (TPSA) is 109 Å². The molecule has 0 aliphatic carbocycles. The van der Waals surface area contributed by atoms with E-state index in [9.17, 15) is 4.79 Å². The van der Waals surface area contributed by atoms with Crippen molar-refractivity contribution in [3.8, 4) is 0 Å². The molecule has 1 aliphatic heterocycles. The first kappa shape index (κ1) is 54.3. The van der Waals surface area contributed by atoms with Crippen LogP contribution in [0.1, 0.15) is 117 Å². The van der Waals surface area contributed by atoms with Crippen LogP contribution in [0, 0.1) is 0 Å². The van der Waals surface area contributed by atoms with Crippen LogP contribution in [0.15, 0.2) is 182 Å². The van der Waals surface area contributed by atoms with E-state index in [1.54, 1.807) is 9.80 Å². The summed E-state index contributed by atoms with van der Waals surface area (Å²) in [6, 6.07) is 62.1. The van der Waals surface area contributed by atoms with Crippen molar-refractivity contribution in [2.75, 3.05) is 58.9 Å². The summed E-state index contributed by atoms with van der Waals surface area (Å²) < 4.78 is 0. The van der Waals surface area contributed by atoms with Gasteiger partial charge in [0.2, 0.25) is 11.8 Å². The zero-order chi connectivity index (χ0) is 51.6. The second-order valence-corrected chi connectivity index (χ2v) is 21.0. The van der Waals surface area contributed by atoms with Gasteiger partial charge in [0, 0.05) is 75.3 Å². The van der Waals surface area contributed by atoms with E-state index in [0.717, 1.165) is 46.2 Å². The van der Waals surface area contributed by atoms with Gasteiger partial charge in [-0.05, 0) is 73.9 Å². The van der Waals surface area contributed by atoms with Crippen LogP contribution in [0.4, 0.5) is 0 Å². The molecule has 1 fully saturated rings. The average molecular weight is 981 g/mol. The van der Waals surface area contributed by atoms with Crippen LogP contribution in [-0.2, 0) is 19.2 Å². The van der Waals surface area contributed by atoms with E-state index in [0.29, 0.717) is 52.0 Å². The van der Waals surface area contributed by atoms with Gasteiger partial charge in [0.1, 0.15) is 0 Å². The predicted octanol–water partition coefficient (Wildman–Crippen LogP) is 10.0. The lowest BCUT2D eigenvalue weighted by atomic mass is 9.87. The molecule has 6 aromatic carbocycles. The van der Waals surface area contributed by atoms with E-state index >= 15 is 14.4 Å². The second kappa shape index (κ2) is 26.4. The van der Waals surface area contributed by atoms with E-state index in [-0.39, 0.29) is 73.7 Å². The lowest BCUT2D eigenvalue weighted by Gasteiger charge is -2.42. The standard InChI is InChI=1S/C64H77N5O4/c1-63(2)40-24-23-38-56(70)44-67(45-57(50-26-11-5-12-27-50)51-28-13-6-14-29-51)61(72)39-43-68(46-58(52-30-15-7-16-31-52)53-32-17-8-18-33-53)64(3,4)60(71)48-66(42-25-41-65)62(73)49-69(63)47-59(54-34-19-9-20-35-54)55-36-21-10-22-37-55/h5-22,26-37,57-59H,23-25,38-49,65H2,1-4H3/p+1. The lowest BCUT2D eigenvalue weighted by molar-refractivity contribution is -0.368. The summed E-state index contributed by atoms with van der Waals surface area (Å²) in [5.41, 5.74) is 9.20. The summed E-state index contributed by atoms with van der Waals surface area (Å²) in [7, 11) is 0. The molecule has 3 N–H and O–H groups in total. The summed E-state index contributed by atoms with van der Waals surface area (Å²) in [6.07, 6.45) is 3.22. The summed E-state index contributed by atoms with van der Waals surface area (Å²) in [5, 5.41) is 0. The number of hydrogen-bond acceptors (Lipinski definition) is 6. The molecule has 9 heteroatoms. The highest BCUT2D eigenvalue weighted by Crippen LogP contribution is 2.33. The molecule has 0 atom stereocenters. The van der Waals surface area contributed by atoms with Crippen LogP contribution in [0.5, 0.6) is 0 Å². The number of Topliss-reactive ketones (excluding diaryl/α,β-unsaturated/α-hetero) is 2. The van der Waals surface area contributed by atoms with Crippen molar-refractivity contribution in [2.45, 2.75) is 95.1 Å². The first-order chi connectivity index (χ1) is 35.3. The van der Waals surface area contributed by atoms with Crippen molar-refractivity contribution in [2.24, 2.45) is 0 Å². The van der Waals surface area contributed by atoms with E-state index in [1.165, 1.54) is 0 Å². The largest absolute Gasteiger partial charge is 0.358 e. The maximum absolute atomic E-state index is 15.4. The number of nitrogens with zero attached hydrogens (tertiary/aromatic N) is 4. The SMILES string of the molecule is CC1(C)CCCCC(=O)CN(CC(c2ccccc2)c2ccccc2)C(=O)CCN(CC(c2ccccc2)c2ccccc2)C(C)(C)C(=O)CN(CCC[NH3+])C(=O)CN1CC(c1ccccc1)c1ccccc1. The molecule has 0 spiro atoms. The normalized spacial score (nSPS) is 17.2. The molecular weight excluding hydrogens is 903 g/mol. The van der Waals surface area contributed by atoms with Crippen molar-refractivity contribution >= 4 is 23.4 Å². The van der Waals surface area contributed by atoms with Gasteiger partial charge in [-0.15, -0.1) is 0 Å². The Balaban J connectivity index is 1.28. The minimum atomic E-state index is -1.12. The minimum absolute atomic E-state index is 0.00488. The van der Waals surface area contributed by atoms with Crippen LogP contribution in [0.2, 0.25) is 0 Å². The van der Waals surface area contributed by atoms with Gasteiger partial charge in [0.05, 0.1) is 31.7 Å². The fraction of sp³-hybridized carbons (Fsp3) is 0.375. The highest BCUT2D eigenvalue weighted by molar-refractivity contribution is 5.93. The number of benzene rings is 6. The molecule has 1 saturated heterocycles. The van der Waals surface area contributed by atoms with Gasteiger partial charge >= 0.3 is 0 Å². The highest BCUT2D eigenvalue weighted by Gasteiger charge is 2.39. The minimum Gasteiger partial charge on any atom is -0.358 e. The van der Waals surface area contributed by atoms with Gasteiger partial charge in [-0.25, -0.2) is 0 Å². The Kier molecular flexibility index (Phi) is 19.6. The van der Waals surface area contributed by atoms with E-state index in [4.69, 9.17) is 0 Å². The molecule has 0 bridgehead atoms. The molecule has 0 aromatic heterocycles. The number of hydrogen-bond donors (Lipinski definition) is 1. The molecule has 382 valence electrons. The number of quaternary nitrogens is 1. The van der Waals surface area contributed by atoms with E-state index in [1.807, 2.05) is 98.8 Å². The van der Waals surface area contributed by atoms with Crippen molar-refractivity contribution in [1.29, 1.82) is 0 Å². The zero-order valence-corrected chi connectivity index (χ0v) is 43.8. The van der Waals surface area contributed by atoms with Crippen LogP contribution < -0.4 is 5.73 Å². The lowest BCUT2D eigenvalue weighted by Crippen LogP contribution is -2.58. The third kappa shape index (κ3) is 15.0. The second-order valence-electron chi connectivity index (χ2n) is 21.0. The zero-order valence-electron chi connectivity index (χ0n) is 43.8. The molecule has 0 radical (unpaired) electrons. The molecular formula is C64H78N5O4+. The fourth-order valence-electron chi connectivity index (χ4n) is 10.5. The predicted molar refractivity (Wildman–Crippen MR) is 294 cm³/mol. The fourth-order valence-corrected chi connectivity index (χ4v) is 10.5. The number of amides is 2. The first-order valence-electron chi connectivity index (χ1n) is 26.5. The Morgan fingerprint density at radius 2 is 0.849 bits per heavy atom. The van der Waals surface area contributed by atoms with Crippen LogP contribution in [-0.4, -0.2) is 113 Å². The van der Waals surface area contributed by atoms with Crippen molar-refractivity contribution in [1.82, 2.24) is 19.6 Å². The smallest absolute Gasteiger partial charge is 0.237 e. The van der Waals surface area contributed by atoms with Gasteiger partial charge in [-0.3, -0.25) is 29.0 Å². The third-order valence-electron chi connectivity index (χ3n) is 15.3. The molecule has 7 rings (SSSR count). The number of carbonyl (C=O) groups is 4. The third-order valence-corrected chi connectivity index (χ3v) is 15.3. The van der Waals surface area contributed by atoms with Crippen LogP contribution >= 0.6 is 0 Å². The van der Waals surface area contributed by atoms with Gasteiger partial charge < -0.3 is 15.5 Å². The van der Waals surface area contributed by atoms with Gasteiger partial charge in [0.25, 0.3) is 0 Å². The average Bonchev–Trinajstić information content (AvgIpc) is 3.42. The van der Waals surface area contributed by atoms with E-state index < -0.39 is 11.1 Å². The van der Waals surface area contributed by atoms with Crippen molar-refractivity contribution in [3.63, 3.8) is 0 Å². The van der Waals surface area contributed by atoms with Crippen molar-refractivity contribution < 1.29 is 24.9 Å². The summed E-state index contributed by atoms with van der Waals surface area (Å²) in [6.45, 7) is 10.9. The maximum atomic E-state index is 15.4. The Bertz CT molecular complexity index is 2510. The molecule has 9 nitrogen and oxygen atoms in total. The number of rotatable bonds is 15. The summed E-state index contributed by atoms with van der Waals surface area (Å²) >= 11 is 0. The highest BCUT2D eigenvalue weighted by atomic mass is 16.2. The maximum Gasteiger partial charge on any atom is 0.237 e. The van der Waals surface area contributed by atoms with Crippen LogP contribution in [0.3, 0.4) is 0 Å². The molecule has 6 aromatic rings. The molecule has 73 heavy (non-hydrogen) atoms. The molecule has 0 saturated carbocycles. The first-order valence-corrected chi connectivity index (χ1v) is 26.5. The monoisotopic (exact) mass is 981 g/mol. The van der Waals surface area contributed by atoms with Gasteiger partial charge in [0.15, 0.2) is 11.6 Å². The Morgan fingerprint density at radius 3 is 1.26 bits per heavy atom. The molecule has 1 aliphatic rings. The quantitative estimate of drug-likeness (QED) is 0.110. The van der Waals surface area contributed by atoms with Crippen LogP contribution in [0.25, 0.3) is 0 Å². The molecule has 2 amide bonds. The van der Waals surface area contributed by atoms with Gasteiger partial charge in [-0.2, -0.15) is 0 Å². The summed E-state index contributed by atoms with van der Waals surface area (Å²) in [5.74, 6) is -0.651. The molecule has 0 unspecified atom stereocenters.